The van der Waals surface area contributed by atoms with Crippen molar-refractivity contribution in [2.24, 2.45) is 0 Å². The maximum absolute atomic E-state index is 10.3. The first kappa shape index (κ1) is 13.3. The Balaban J connectivity index is 2.35. The van der Waals surface area contributed by atoms with E-state index in [-0.39, 0.29) is 0 Å². The van der Waals surface area contributed by atoms with Gasteiger partial charge >= 0.3 is 0 Å². The molecule has 18 heavy (non-hydrogen) atoms. The first-order valence-electron chi connectivity index (χ1n) is 5.64. The highest BCUT2D eigenvalue weighted by Gasteiger charge is 2.19. The minimum atomic E-state index is -0.899. The van der Waals surface area contributed by atoms with E-state index in [4.69, 9.17) is 23.2 Å². The molecule has 2 aromatic heterocycles. The van der Waals surface area contributed by atoms with Gasteiger partial charge in [0.1, 0.15) is 6.10 Å². The molecular formula is C12H13Cl2N3O. The number of aliphatic hydroxyl groups is 1. The molecule has 0 spiro atoms. The summed E-state index contributed by atoms with van der Waals surface area (Å²) in [5.41, 5.74) is 1.06. The molecule has 2 rings (SSSR count). The summed E-state index contributed by atoms with van der Waals surface area (Å²) in [7, 11) is 0. The van der Waals surface area contributed by atoms with Gasteiger partial charge in [0, 0.05) is 18.9 Å². The Hall–Kier alpha value is -1.10. The van der Waals surface area contributed by atoms with Gasteiger partial charge in [-0.15, -0.1) is 0 Å². The minimum absolute atomic E-state index is 0.347. The maximum atomic E-state index is 10.3. The van der Waals surface area contributed by atoms with Crippen LogP contribution in [0.5, 0.6) is 0 Å². The van der Waals surface area contributed by atoms with E-state index in [0.29, 0.717) is 21.4 Å². The third kappa shape index (κ3) is 2.66. The van der Waals surface area contributed by atoms with E-state index in [1.54, 1.807) is 23.0 Å². The lowest BCUT2D eigenvalue weighted by atomic mass is 10.1. The van der Waals surface area contributed by atoms with E-state index in [1.807, 2.05) is 6.92 Å². The maximum Gasteiger partial charge on any atom is 0.139 e. The molecule has 0 saturated heterocycles. The van der Waals surface area contributed by atoms with E-state index in [0.717, 1.165) is 13.0 Å². The lowest BCUT2D eigenvalue weighted by molar-refractivity contribution is 0.202. The molecule has 2 aromatic rings. The molecule has 0 aliphatic rings. The van der Waals surface area contributed by atoms with Gasteiger partial charge in [-0.1, -0.05) is 30.1 Å². The number of pyridine rings is 1. The molecule has 1 atom stereocenters. The van der Waals surface area contributed by atoms with Crippen LogP contribution in [0, 0.1) is 0 Å². The van der Waals surface area contributed by atoms with Crippen LogP contribution in [0.3, 0.4) is 0 Å². The van der Waals surface area contributed by atoms with Gasteiger partial charge < -0.3 is 5.11 Å². The Morgan fingerprint density at radius 1 is 1.44 bits per heavy atom. The number of aliphatic hydroxyl groups excluding tert-OH is 1. The number of aryl methyl sites for hydroxylation is 1. The second kappa shape index (κ2) is 5.69. The number of nitrogens with zero attached hydrogens (tertiary/aromatic N) is 3. The smallest absolute Gasteiger partial charge is 0.139 e. The zero-order chi connectivity index (χ0) is 13.1. The summed E-state index contributed by atoms with van der Waals surface area (Å²) >= 11 is 11.8. The molecule has 0 radical (unpaired) electrons. The molecule has 2 heterocycles. The van der Waals surface area contributed by atoms with Crippen LogP contribution in [0.4, 0.5) is 0 Å². The van der Waals surface area contributed by atoms with Crippen molar-refractivity contribution in [3.63, 3.8) is 0 Å². The Bertz CT molecular complexity index is 542. The molecule has 0 aliphatic carbocycles. The van der Waals surface area contributed by atoms with Gasteiger partial charge in [-0.3, -0.25) is 9.67 Å². The summed E-state index contributed by atoms with van der Waals surface area (Å²) in [6.45, 7) is 2.79. The monoisotopic (exact) mass is 285 g/mol. The molecule has 0 amide bonds. The third-order valence-electron chi connectivity index (χ3n) is 2.56. The summed E-state index contributed by atoms with van der Waals surface area (Å²) in [4.78, 5) is 4.08. The van der Waals surface area contributed by atoms with E-state index in [9.17, 15) is 5.11 Å². The second-order valence-electron chi connectivity index (χ2n) is 3.90. The highest BCUT2D eigenvalue weighted by molar-refractivity contribution is 6.34. The fourth-order valence-electron chi connectivity index (χ4n) is 1.74. The highest BCUT2D eigenvalue weighted by atomic mass is 35.5. The fraction of sp³-hybridized carbons (Fsp3) is 0.333. The average molecular weight is 286 g/mol. The van der Waals surface area contributed by atoms with Crippen LogP contribution >= 0.6 is 23.2 Å². The quantitative estimate of drug-likeness (QED) is 0.939. The molecule has 0 aliphatic heterocycles. The van der Waals surface area contributed by atoms with Gasteiger partial charge in [0.2, 0.25) is 0 Å². The van der Waals surface area contributed by atoms with Crippen molar-refractivity contribution >= 4 is 23.2 Å². The predicted octanol–water partition coefficient (Wildman–Crippen LogP) is 3.08. The Kier molecular flexibility index (Phi) is 4.22. The molecule has 96 valence electrons. The number of hydrogen-bond donors (Lipinski definition) is 1. The van der Waals surface area contributed by atoms with Crippen molar-refractivity contribution < 1.29 is 5.11 Å². The zero-order valence-electron chi connectivity index (χ0n) is 9.85. The van der Waals surface area contributed by atoms with Crippen LogP contribution in [0.1, 0.15) is 30.8 Å². The van der Waals surface area contributed by atoms with E-state index >= 15 is 0 Å². The molecule has 0 aromatic carbocycles. The van der Waals surface area contributed by atoms with Crippen molar-refractivity contribution in [2.45, 2.75) is 26.0 Å². The lowest BCUT2D eigenvalue weighted by Crippen LogP contribution is -2.11. The first-order chi connectivity index (χ1) is 8.63. The Morgan fingerprint density at radius 2 is 2.22 bits per heavy atom. The van der Waals surface area contributed by atoms with Gasteiger partial charge in [-0.05, 0) is 18.6 Å². The van der Waals surface area contributed by atoms with Crippen molar-refractivity contribution in [1.29, 1.82) is 0 Å². The topological polar surface area (TPSA) is 50.9 Å². The summed E-state index contributed by atoms with van der Waals surface area (Å²) < 4.78 is 1.75. The second-order valence-corrected chi connectivity index (χ2v) is 4.75. The predicted molar refractivity (Wildman–Crippen MR) is 70.8 cm³/mol. The Morgan fingerprint density at radius 3 is 2.89 bits per heavy atom. The molecule has 4 nitrogen and oxygen atoms in total. The molecule has 1 unspecified atom stereocenters. The van der Waals surface area contributed by atoms with Crippen molar-refractivity contribution in [1.82, 2.24) is 14.8 Å². The highest BCUT2D eigenvalue weighted by Crippen LogP contribution is 2.28. The SMILES string of the molecule is CCCn1nccc1C(O)c1ncc(Cl)cc1Cl. The molecule has 0 saturated carbocycles. The van der Waals surface area contributed by atoms with Crippen LogP contribution < -0.4 is 0 Å². The van der Waals surface area contributed by atoms with Crippen LogP contribution in [-0.2, 0) is 6.54 Å². The minimum Gasteiger partial charge on any atom is -0.380 e. The van der Waals surface area contributed by atoms with Crippen LogP contribution in [0.15, 0.2) is 24.5 Å². The van der Waals surface area contributed by atoms with E-state index < -0.39 is 6.10 Å². The summed E-state index contributed by atoms with van der Waals surface area (Å²) in [6, 6.07) is 3.32. The van der Waals surface area contributed by atoms with Gasteiger partial charge in [0.25, 0.3) is 0 Å². The van der Waals surface area contributed by atoms with Crippen LogP contribution in [0.25, 0.3) is 0 Å². The lowest BCUT2D eigenvalue weighted by Gasteiger charge is -2.13. The van der Waals surface area contributed by atoms with Crippen molar-refractivity contribution in [3.8, 4) is 0 Å². The van der Waals surface area contributed by atoms with E-state index in [2.05, 4.69) is 10.1 Å². The number of rotatable bonds is 4. The normalized spacial score (nSPS) is 12.7. The van der Waals surface area contributed by atoms with Crippen LogP contribution in [-0.4, -0.2) is 19.9 Å². The molecule has 1 N–H and O–H groups in total. The van der Waals surface area contributed by atoms with Crippen LogP contribution in [0.2, 0.25) is 10.0 Å². The molecular weight excluding hydrogens is 273 g/mol. The zero-order valence-corrected chi connectivity index (χ0v) is 11.4. The number of hydrogen-bond acceptors (Lipinski definition) is 3. The largest absolute Gasteiger partial charge is 0.380 e. The van der Waals surface area contributed by atoms with E-state index in [1.165, 1.54) is 6.20 Å². The average Bonchev–Trinajstić information content (AvgIpc) is 2.77. The number of aromatic nitrogens is 3. The van der Waals surface area contributed by atoms with Gasteiger partial charge in [-0.2, -0.15) is 5.10 Å². The van der Waals surface area contributed by atoms with Gasteiger partial charge in [-0.25, -0.2) is 0 Å². The standard InChI is InChI=1S/C12H13Cl2N3O/c1-2-5-17-10(3-4-16-17)12(18)11-9(14)6-8(13)7-15-11/h3-4,6-7,12,18H,2,5H2,1H3. The first-order valence-corrected chi connectivity index (χ1v) is 6.39. The summed E-state index contributed by atoms with van der Waals surface area (Å²) in [5, 5.41) is 15.3. The Labute approximate surface area is 115 Å². The molecule has 0 fully saturated rings. The van der Waals surface area contributed by atoms with Crippen molar-refractivity contribution in [3.05, 3.63) is 46.0 Å². The van der Waals surface area contributed by atoms with Crippen molar-refractivity contribution in [2.75, 3.05) is 0 Å². The summed E-state index contributed by atoms with van der Waals surface area (Å²) in [5.74, 6) is 0. The molecule has 6 heteroatoms. The van der Waals surface area contributed by atoms with Gasteiger partial charge in [0.05, 0.1) is 21.4 Å². The molecule has 0 bridgehead atoms. The fourth-order valence-corrected chi connectivity index (χ4v) is 2.22. The number of halogens is 2. The van der Waals surface area contributed by atoms with Gasteiger partial charge in [0.15, 0.2) is 0 Å². The summed E-state index contributed by atoms with van der Waals surface area (Å²) in [6.07, 6.45) is 3.15. The third-order valence-corrected chi connectivity index (χ3v) is 3.07.